The average Bonchev–Trinajstić information content (AvgIpc) is 2.51. The van der Waals surface area contributed by atoms with E-state index < -0.39 is 6.10 Å². The van der Waals surface area contributed by atoms with E-state index in [1.165, 1.54) is 5.56 Å². The molecule has 0 spiro atoms. The zero-order valence-electron chi connectivity index (χ0n) is 12.4. The first-order valence-corrected chi connectivity index (χ1v) is 8.10. The summed E-state index contributed by atoms with van der Waals surface area (Å²) in [7, 11) is 2.11. The average molecular weight is 348 g/mol. The summed E-state index contributed by atoms with van der Waals surface area (Å²) in [5.41, 5.74) is 2.33. The molecule has 0 bridgehead atoms. The summed E-state index contributed by atoms with van der Waals surface area (Å²) in [5.74, 6) is 0. The van der Waals surface area contributed by atoms with E-state index in [9.17, 15) is 5.11 Å². The second-order valence-corrected chi connectivity index (χ2v) is 6.31. The maximum absolute atomic E-state index is 10.2. The molecule has 0 fully saturated rings. The lowest BCUT2D eigenvalue weighted by molar-refractivity contribution is 0.149. The molecule has 1 atom stereocenters. The van der Waals surface area contributed by atoms with Crippen molar-refractivity contribution < 1.29 is 5.11 Å². The van der Waals surface area contributed by atoms with Gasteiger partial charge in [-0.2, -0.15) is 0 Å². The number of hydrogen-bond acceptors (Lipinski definition) is 2. The molecule has 0 amide bonds. The number of rotatable bonds is 7. The van der Waals surface area contributed by atoms with Crippen LogP contribution in [0.1, 0.15) is 23.7 Å². The summed E-state index contributed by atoms with van der Waals surface area (Å²) in [4.78, 5) is 2.27. The summed E-state index contributed by atoms with van der Waals surface area (Å²) in [6.45, 7) is 1.90. The highest BCUT2D eigenvalue weighted by Crippen LogP contribution is 2.20. The number of likely N-dealkylation sites (N-methyl/N-ethyl adjacent to an activating group) is 1. The molecule has 0 aromatic heterocycles. The largest absolute Gasteiger partial charge is 0.388 e. The number of nitrogens with zero attached hydrogens (tertiary/aromatic N) is 1. The molecule has 0 radical (unpaired) electrons. The number of aliphatic hydroxyl groups is 1. The molecule has 2 aromatic rings. The lowest BCUT2D eigenvalue weighted by Gasteiger charge is -2.19. The molecule has 2 rings (SSSR count). The van der Waals surface area contributed by atoms with Crippen LogP contribution in [0.5, 0.6) is 0 Å². The minimum Gasteiger partial charge on any atom is -0.388 e. The normalized spacial score (nSPS) is 12.6. The van der Waals surface area contributed by atoms with E-state index in [2.05, 4.69) is 52.1 Å². The molecule has 1 N–H and O–H groups in total. The first-order chi connectivity index (χ1) is 10.1. The minimum absolute atomic E-state index is 0.401. The SMILES string of the molecule is CN(CCc1ccccc1)CCC(O)c1cccc(Br)c1. The predicted octanol–water partition coefficient (Wildman–Crippen LogP) is 4.05. The zero-order valence-corrected chi connectivity index (χ0v) is 14.0. The maximum Gasteiger partial charge on any atom is 0.0802 e. The highest BCUT2D eigenvalue weighted by Gasteiger charge is 2.09. The fourth-order valence-electron chi connectivity index (χ4n) is 2.30. The van der Waals surface area contributed by atoms with Gasteiger partial charge in [0.1, 0.15) is 0 Å². The molecule has 2 nitrogen and oxygen atoms in total. The fourth-order valence-corrected chi connectivity index (χ4v) is 2.72. The van der Waals surface area contributed by atoms with Gasteiger partial charge >= 0.3 is 0 Å². The van der Waals surface area contributed by atoms with Gasteiger partial charge in [-0.3, -0.25) is 0 Å². The van der Waals surface area contributed by atoms with Gasteiger partial charge < -0.3 is 10.0 Å². The Bertz CT molecular complexity index is 544. The van der Waals surface area contributed by atoms with Crippen LogP contribution in [0.2, 0.25) is 0 Å². The summed E-state index contributed by atoms with van der Waals surface area (Å²) < 4.78 is 1.01. The number of hydrogen-bond donors (Lipinski definition) is 1. The molecule has 3 heteroatoms. The topological polar surface area (TPSA) is 23.5 Å². The highest BCUT2D eigenvalue weighted by atomic mass is 79.9. The van der Waals surface area contributed by atoms with Crippen LogP contribution >= 0.6 is 15.9 Å². The van der Waals surface area contributed by atoms with Crippen molar-refractivity contribution in [3.05, 3.63) is 70.2 Å². The number of aliphatic hydroxyl groups excluding tert-OH is 1. The van der Waals surface area contributed by atoms with Gasteiger partial charge in [0.15, 0.2) is 0 Å². The highest BCUT2D eigenvalue weighted by molar-refractivity contribution is 9.10. The van der Waals surface area contributed by atoms with Crippen molar-refractivity contribution in [3.8, 4) is 0 Å². The monoisotopic (exact) mass is 347 g/mol. The zero-order chi connectivity index (χ0) is 15.1. The first kappa shape index (κ1) is 16.2. The van der Waals surface area contributed by atoms with Gasteiger partial charge in [-0.15, -0.1) is 0 Å². The molecule has 0 saturated heterocycles. The Kier molecular flexibility index (Phi) is 6.43. The summed E-state index contributed by atoms with van der Waals surface area (Å²) in [6, 6.07) is 18.4. The Morgan fingerprint density at radius 1 is 1.05 bits per heavy atom. The molecule has 1 unspecified atom stereocenters. The molecular weight excluding hydrogens is 326 g/mol. The second-order valence-electron chi connectivity index (χ2n) is 5.40. The van der Waals surface area contributed by atoms with Gasteiger partial charge in [0.25, 0.3) is 0 Å². The lowest BCUT2D eigenvalue weighted by atomic mass is 10.1. The molecular formula is C18H22BrNO. The van der Waals surface area contributed by atoms with E-state index in [4.69, 9.17) is 0 Å². The molecule has 0 saturated carbocycles. The van der Waals surface area contributed by atoms with Crippen molar-refractivity contribution in [1.29, 1.82) is 0 Å². The van der Waals surface area contributed by atoms with Gasteiger partial charge in [-0.1, -0.05) is 58.4 Å². The Labute approximate surface area is 135 Å². The lowest BCUT2D eigenvalue weighted by Crippen LogP contribution is -2.23. The Hall–Kier alpha value is -1.16. The van der Waals surface area contributed by atoms with Crippen molar-refractivity contribution in [2.45, 2.75) is 18.9 Å². The van der Waals surface area contributed by atoms with Crippen molar-refractivity contribution >= 4 is 15.9 Å². The molecule has 0 aliphatic heterocycles. The molecule has 2 aromatic carbocycles. The molecule has 21 heavy (non-hydrogen) atoms. The van der Waals surface area contributed by atoms with Crippen molar-refractivity contribution in [3.63, 3.8) is 0 Å². The summed E-state index contributed by atoms with van der Waals surface area (Å²) in [5, 5.41) is 10.2. The van der Waals surface area contributed by atoms with Crippen molar-refractivity contribution in [1.82, 2.24) is 4.90 Å². The third-order valence-electron chi connectivity index (χ3n) is 3.64. The number of benzene rings is 2. The van der Waals surface area contributed by atoms with E-state index in [-0.39, 0.29) is 0 Å². The maximum atomic E-state index is 10.2. The van der Waals surface area contributed by atoms with E-state index in [1.54, 1.807) is 0 Å². The Balaban J connectivity index is 1.74. The van der Waals surface area contributed by atoms with Gasteiger partial charge in [-0.25, -0.2) is 0 Å². The Morgan fingerprint density at radius 3 is 2.52 bits per heavy atom. The molecule has 0 aliphatic rings. The van der Waals surface area contributed by atoms with Crippen LogP contribution in [-0.2, 0) is 6.42 Å². The number of halogens is 1. The van der Waals surface area contributed by atoms with Crippen LogP contribution < -0.4 is 0 Å². The quantitative estimate of drug-likeness (QED) is 0.816. The third-order valence-corrected chi connectivity index (χ3v) is 4.14. The van der Waals surface area contributed by atoms with E-state index in [0.717, 1.165) is 36.0 Å². The van der Waals surface area contributed by atoms with E-state index in [1.807, 2.05) is 30.3 Å². The first-order valence-electron chi connectivity index (χ1n) is 7.31. The molecule has 112 valence electrons. The van der Waals surface area contributed by atoms with Crippen LogP contribution in [0, 0.1) is 0 Å². The summed E-state index contributed by atoms with van der Waals surface area (Å²) in [6.07, 6.45) is 1.40. The summed E-state index contributed by atoms with van der Waals surface area (Å²) >= 11 is 3.44. The van der Waals surface area contributed by atoms with Crippen molar-refractivity contribution in [2.24, 2.45) is 0 Å². The van der Waals surface area contributed by atoms with Crippen LogP contribution in [0.15, 0.2) is 59.1 Å². The minimum atomic E-state index is -0.401. The molecule has 0 aliphatic carbocycles. The van der Waals surface area contributed by atoms with Crippen LogP contribution in [0.25, 0.3) is 0 Å². The van der Waals surface area contributed by atoms with Gasteiger partial charge in [0.2, 0.25) is 0 Å². The van der Waals surface area contributed by atoms with Crippen LogP contribution in [0.4, 0.5) is 0 Å². The van der Waals surface area contributed by atoms with Crippen LogP contribution in [-0.4, -0.2) is 30.1 Å². The van der Waals surface area contributed by atoms with Crippen LogP contribution in [0.3, 0.4) is 0 Å². The third kappa shape index (κ3) is 5.62. The molecule has 0 heterocycles. The van der Waals surface area contributed by atoms with E-state index in [0.29, 0.717) is 0 Å². The fraction of sp³-hybridized carbons (Fsp3) is 0.333. The Morgan fingerprint density at radius 2 is 1.81 bits per heavy atom. The van der Waals surface area contributed by atoms with Gasteiger partial charge in [0.05, 0.1) is 6.10 Å². The van der Waals surface area contributed by atoms with Gasteiger partial charge in [0, 0.05) is 17.6 Å². The smallest absolute Gasteiger partial charge is 0.0802 e. The van der Waals surface area contributed by atoms with Crippen molar-refractivity contribution in [2.75, 3.05) is 20.1 Å². The van der Waals surface area contributed by atoms with Gasteiger partial charge in [-0.05, 0) is 43.1 Å². The standard InChI is InChI=1S/C18H22BrNO/c1-20(12-10-15-6-3-2-4-7-15)13-11-18(21)16-8-5-9-17(19)14-16/h2-9,14,18,21H,10-13H2,1H3. The second kappa shape index (κ2) is 8.32. The predicted molar refractivity (Wildman–Crippen MR) is 91.4 cm³/mol. The van der Waals surface area contributed by atoms with E-state index >= 15 is 0 Å².